The molecule has 0 saturated heterocycles. The van der Waals surface area contributed by atoms with Crippen molar-refractivity contribution in [3.05, 3.63) is 92.7 Å². The molecule has 3 aromatic heterocycles. The molecule has 5 aromatic rings. The van der Waals surface area contributed by atoms with Crippen LogP contribution in [0.4, 0.5) is 22.9 Å². The maximum atomic E-state index is 12.8. The van der Waals surface area contributed by atoms with Gasteiger partial charge in [-0.05, 0) is 17.7 Å². The number of nitro benzene ring substituents is 2. The summed E-state index contributed by atoms with van der Waals surface area (Å²) in [5.74, 6) is -1.54. The Balaban J connectivity index is 1.25. The number of aliphatic carboxylic acids is 1. The number of nitrogen functional groups attached to an aromatic ring is 1. The van der Waals surface area contributed by atoms with Gasteiger partial charge in [0.25, 0.3) is 0 Å². The third kappa shape index (κ3) is 6.03. The number of nitro groups is 2. The number of imidazole rings is 2. The molecule has 5 rings (SSSR count). The van der Waals surface area contributed by atoms with Crippen molar-refractivity contribution in [2.75, 3.05) is 11.2 Å². The van der Waals surface area contributed by atoms with Gasteiger partial charge in [-0.25, -0.2) is 14.8 Å². The number of nitrogens with two attached hydrogens (primary N) is 1. The topological polar surface area (TPSA) is 265 Å². The zero-order valence-electron chi connectivity index (χ0n) is 22.5. The van der Waals surface area contributed by atoms with Gasteiger partial charge in [0.05, 0.1) is 34.3 Å². The molecular formula is C26H23N11O7. The summed E-state index contributed by atoms with van der Waals surface area (Å²) < 4.78 is 1.32. The van der Waals surface area contributed by atoms with Gasteiger partial charge in [-0.2, -0.15) is 5.10 Å². The van der Waals surface area contributed by atoms with Gasteiger partial charge in [0.15, 0.2) is 5.82 Å². The lowest BCUT2D eigenvalue weighted by atomic mass is 10.1. The smallest absolute Gasteiger partial charge is 0.326 e. The van der Waals surface area contributed by atoms with Gasteiger partial charge in [0.2, 0.25) is 11.6 Å². The Kier molecular flexibility index (Phi) is 7.96. The van der Waals surface area contributed by atoms with Crippen molar-refractivity contribution < 1.29 is 24.5 Å². The van der Waals surface area contributed by atoms with Gasteiger partial charge >= 0.3 is 17.3 Å². The van der Waals surface area contributed by atoms with Crippen LogP contribution in [0, 0.1) is 20.2 Å². The van der Waals surface area contributed by atoms with Crippen molar-refractivity contribution in [2.24, 2.45) is 5.10 Å². The molecule has 0 aliphatic heterocycles. The second-order valence-electron chi connectivity index (χ2n) is 9.37. The molecule has 7 N–H and O–H groups in total. The molecule has 44 heavy (non-hydrogen) atoms. The monoisotopic (exact) mass is 601 g/mol. The van der Waals surface area contributed by atoms with E-state index in [2.05, 4.69) is 35.8 Å². The van der Waals surface area contributed by atoms with E-state index in [9.17, 15) is 34.9 Å². The SMILES string of the molecule is Nc1c(-c2ncc(/C=N/Nc3c([N+](=O)[O-])cccc3[N+](=O)[O-])[nH]2)ncn1CC(=O)N[C@@H](Cc1c[nH]c2ccccc12)C(=O)O. The summed E-state index contributed by atoms with van der Waals surface area (Å²) in [5, 5.41) is 39.5. The average molecular weight is 602 g/mol. The van der Waals surface area contributed by atoms with Crippen molar-refractivity contribution in [3.63, 3.8) is 0 Å². The standard InChI is InChI=1S/C26H23N11O7/c27-24-23(25-29-10-15(32-25)11-31-34-22-19(36(41)42)6-3-7-20(22)37(43)44)30-13-35(24)12-21(38)33-18(26(39)40)8-14-9-28-17-5-2-1-4-16(14)17/h1-7,9-11,13,18,28,34H,8,12,27H2,(H,29,32)(H,33,38)(H,39,40)/b31-11+/t18-/m0/s1. The minimum atomic E-state index is -1.20. The Labute approximate surface area is 245 Å². The number of aromatic amines is 2. The van der Waals surface area contributed by atoms with Gasteiger partial charge in [-0.3, -0.25) is 30.4 Å². The molecule has 0 radical (unpaired) electrons. The summed E-state index contributed by atoms with van der Waals surface area (Å²) in [5.41, 5.74) is 9.13. The Morgan fingerprint density at radius 3 is 2.55 bits per heavy atom. The molecule has 0 aliphatic carbocycles. The van der Waals surface area contributed by atoms with Crippen LogP contribution in [0.25, 0.3) is 22.4 Å². The molecule has 0 aliphatic rings. The van der Waals surface area contributed by atoms with E-state index in [4.69, 9.17) is 5.73 Å². The van der Waals surface area contributed by atoms with Crippen molar-refractivity contribution >= 4 is 51.9 Å². The zero-order valence-corrected chi connectivity index (χ0v) is 22.5. The van der Waals surface area contributed by atoms with Crippen LogP contribution in [0.3, 0.4) is 0 Å². The zero-order chi connectivity index (χ0) is 31.4. The summed E-state index contributed by atoms with van der Waals surface area (Å²) in [4.78, 5) is 60.0. The molecule has 3 heterocycles. The van der Waals surface area contributed by atoms with Crippen LogP contribution in [0.5, 0.6) is 0 Å². The van der Waals surface area contributed by atoms with Crippen LogP contribution in [0.1, 0.15) is 11.3 Å². The maximum Gasteiger partial charge on any atom is 0.326 e. The van der Waals surface area contributed by atoms with Gasteiger partial charge < -0.3 is 30.7 Å². The van der Waals surface area contributed by atoms with E-state index >= 15 is 0 Å². The number of rotatable bonds is 12. The molecule has 2 aromatic carbocycles. The van der Waals surface area contributed by atoms with Crippen molar-refractivity contribution in [2.45, 2.75) is 19.0 Å². The number of H-pyrrole nitrogens is 2. The molecule has 0 spiro atoms. The maximum absolute atomic E-state index is 12.8. The molecule has 18 heteroatoms. The summed E-state index contributed by atoms with van der Waals surface area (Å²) in [7, 11) is 0. The van der Waals surface area contributed by atoms with Gasteiger partial charge in [0, 0.05) is 35.7 Å². The number of carbonyl (C=O) groups is 2. The highest BCUT2D eigenvalue weighted by molar-refractivity contribution is 5.87. The fourth-order valence-corrected chi connectivity index (χ4v) is 4.45. The molecule has 0 bridgehead atoms. The summed E-state index contributed by atoms with van der Waals surface area (Å²) in [6, 6.07) is 9.62. The number of para-hydroxylation sites is 2. The lowest BCUT2D eigenvalue weighted by Crippen LogP contribution is -2.43. The molecule has 1 atom stereocenters. The highest BCUT2D eigenvalue weighted by atomic mass is 16.6. The number of amides is 1. The summed E-state index contributed by atoms with van der Waals surface area (Å²) >= 11 is 0. The first-order valence-electron chi connectivity index (χ1n) is 12.8. The minimum Gasteiger partial charge on any atom is -0.480 e. The van der Waals surface area contributed by atoms with Gasteiger partial charge in [-0.15, -0.1) is 0 Å². The first-order valence-corrected chi connectivity index (χ1v) is 12.8. The van der Waals surface area contributed by atoms with Crippen molar-refractivity contribution in [3.8, 4) is 11.5 Å². The molecule has 18 nitrogen and oxygen atoms in total. The van der Waals surface area contributed by atoms with Crippen LogP contribution in [-0.2, 0) is 22.6 Å². The minimum absolute atomic E-state index is 0.0618. The third-order valence-corrected chi connectivity index (χ3v) is 6.54. The van der Waals surface area contributed by atoms with Crippen molar-refractivity contribution in [1.29, 1.82) is 0 Å². The highest BCUT2D eigenvalue weighted by Crippen LogP contribution is 2.33. The number of nitrogens with one attached hydrogen (secondary N) is 4. The van der Waals surface area contributed by atoms with E-state index in [1.54, 1.807) is 6.20 Å². The van der Waals surface area contributed by atoms with E-state index in [1.165, 1.54) is 29.4 Å². The van der Waals surface area contributed by atoms with Crippen LogP contribution in [0.15, 0.2) is 66.3 Å². The number of nitrogens with zero attached hydrogens (tertiary/aromatic N) is 6. The number of hydrogen-bond acceptors (Lipinski definition) is 11. The largest absolute Gasteiger partial charge is 0.480 e. The highest BCUT2D eigenvalue weighted by Gasteiger charge is 2.25. The number of fused-ring (bicyclic) bond motifs is 1. The predicted octanol–water partition coefficient (Wildman–Crippen LogP) is 2.41. The third-order valence-electron chi connectivity index (χ3n) is 6.54. The second-order valence-corrected chi connectivity index (χ2v) is 9.37. The van der Waals surface area contributed by atoms with Crippen LogP contribution in [0.2, 0.25) is 0 Å². The summed E-state index contributed by atoms with van der Waals surface area (Å²) in [6.07, 6.45) is 5.61. The van der Waals surface area contributed by atoms with E-state index < -0.39 is 44.8 Å². The molecule has 0 fully saturated rings. The van der Waals surface area contributed by atoms with E-state index in [0.29, 0.717) is 5.69 Å². The molecule has 0 saturated carbocycles. The molecule has 0 unspecified atom stereocenters. The van der Waals surface area contributed by atoms with Gasteiger partial charge in [-0.1, -0.05) is 18.2 Å². The lowest BCUT2D eigenvalue weighted by Gasteiger charge is -2.15. The molecule has 224 valence electrons. The number of hydrazone groups is 1. The number of carboxylic acid groups (broad SMARTS) is 1. The van der Waals surface area contributed by atoms with Crippen LogP contribution < -0.4 is 16.5 Å². The number of aromatic nitrogens is 5. The number of anilines is 2. The van der Waals surface area contributed by atoms with E-state index in [1.807, 2.05) is 24.3 Å². The fourth-order valence-electron chi connectivity index (χ4n) is 4.45. The Morgan fingerprint density at radius 2 is 1.84 bits per heavy atom. The first kappa shape index (κ1) is 28.9. The van der Waals surface area contributed by atoms with Crippen LogP contribution in [-0.4, -0.2) is 63.6 Å². The first-order chi connectivity index (χ1) is 21.1. The van der Waals surface area contributed by atoms with Crippen LogP contribution >= 0.6 is 0 Å². The molecular weight excluding hydrogens is 578 g/mol. The Hall–Kier alpha value is -6.59. The average Bonchev–Trinajstić information content (AvgIpc) is 3.72. The van der Waals surface area contributed by atoms with E-state index in [-0.39, 0.29) is 30.3 Å². The Bertz CT molecular complexity index is 1890. The van der Waals surface area contributed by atoms with E-state index in [0.717, 1.165) is 28.6 Å². The second kappa shape index (κ2) is 12.1. The lowest BCUT2D eigenvalue weighted by molar-refractivity contribution is -0.392. The quantitative estimate of drug-likeness (QED) is 0.0686. The predicted molar refractivity (Wildman–Crippen MR) is 157 cm³/mol. The van der Waals surface area contributed by atoms with Gasteiger partial charge in [0.1, 0.15) is 24.1 Å². The fraction of sp³-hybridized carbons (Fsp3) is 0.115. The number of hydrogen-bond donors (Lipinski definition) is 6. The molecule has 1 amide bonds. The Morgan fingerprint density at radius 1 is 1.11 bits per heavy atom. The summed E-state index contributed by atoms with van der Waals surface area (Å²) in [6.45, 7) is -0.315. The number of benzene rings is 2. The number of carbonyl (C=O) groups excluding carboxylic acids is 1. The number of carboxylic acids is 1. The normalized spacial score (nSPS) is 11.9. The van der Waals surface area contributed by atoms with Crippen molar-refractivity contribution in [1.82, 2.24) is 29.8 Å².